The van der Waals surface area contributed by atoms with Crippen LogP contribution in [0.4, 0.5) is 17.3 Å². The molecule has 21 heavy (non-hydrogen) atoms. The number of nitro groups is 1. The average molecular weight is 297 g/mol. The van der Waals surface area contributed by atoms with E-state index in [-0.39, 0.29) is 24.0 Å². The van der Waals surface area contributed by atoms with Crippen LogP contribution in [0.5, 0.6) is 0 Å². The Kier molecular flexibility index (Phi) is 6.34. The molecule has 1 rings (SSSR count). The summed E-state index contributed by atoms with van der Waals surface area (Å²) in [6.45, 7) is 0.753. The number of pyridine rings is 1. The first-order valence-corrected chi connectivity index (χ1v) is 6.29. The van der Waals surface area contributed by atoms with Crippen molar-refractivity contribution < 1.29 is 14.5 Å². The summed E-state index contributed by atoms with van der Waals surface area (Å²) in [4.78, 5) is 27.8. The van der Waals surface area contributed by atoms with Crippen molar-refractivity contribution in [1.82, 2.24) is 10.3 Å². The number of likely N-dealkylation sites (N-methyl/N-ethyl adjacent to an activating group) is 1. The molecule has 0 aliphatic carbocycles. The molecule has 0 spiro atoms. The molecule has 0 aliphatic heterocycles. The van der Waals surface area contributed by atoms with Crippen molar-refractivity contribution in [3.63, 3.8) is 0 Å². The van der Waals surface area contributed by atoms with Crippen LogP contribution in [-0.4, -0.2) is 56.7 Å². The SMILES string of the molecule is CNc1ccc([N+](=O)[O-])c(N(C)CC(=O)NCCOC)n1. The van der Waals surface area contributed by atoms with Crippen molar-refractivity contribution in [3.05, 3.63) is 22.2 Å². The lowest BCUT2D eigenvalue weighted by molar-refractivity contribution is -0.384. The van der Waals surface area contributed by atoms with Gasteiger partial charge in [0.25, 0.3) is 0 Å². The number of carbonyl (C=O) groups excluding carboxylic acids is 1. The fourth-order valence-electron chi connectivity index (χ4n) is 1.64. The minimum absolute atomic E-state index is 0.0370. The number of carbonyl (C=O) groups is 1. The third-order valence-electron chi connectivity index (χ3n) is 2.68. The molecule has 0 saturated carbocycles. The molecule has 0 aromatic carbocycles. The molecule has 1 aromatic rings. The van der Waals surface area contributed by atoms with Crippen LogP contribution in [0, 0.1) is 10.1 Å². The Morgan fingerprint density at radius 3 is 2.81 bits per heavy atom. The maximum atomic E-state index is 11.7. The van der Waals surface area contributed by atoms with Gasteiger partial charge < -0.3 is 20.3 Å². The molecule has 0 fully saturated rings. The van der Waals surface area contributed by atoms with E-state index >= 15 is 0 Å². The number of amides is 1. The monoisotopic (exact) mass is 297 g/mol. The van der Waals surface area contributed by atoms with E-state index in [2.05, 4.69) is 15.6 Å². The van der Waals surface area contributed by atoms with E-state index in [0.717, 1.165) is 0 Å². The van der Waals surface area contributed by atoms with Crippen molar-refractivity contribution in [2.75, 3.05) is 51.1 Å². The molecule has 0 aliphatic rings. The first-order chi connectivity index (χ1) is 9.99. The minimum atomic E-state index is -0.527. The molecule has 9 heteroatoms. The van der Waals surface area contributed by atoms with Crippen LogP contribution in [0.1, 0.15) is 0 Å². The lowest BCUT2D eigenvalue weighted by atomic mass is 10.3. The normalized spacial score (nSPS) is 10.0. The summed E-state index contributed by atoms with van der Waals surface area (Å²) in [5, 5.41) is 16.5. The van der Waals surface area contributed by atoms with Crippen LogP contribution in [0.15, 0.2) is 12.1 Å². The Hall–Kier alpha value is -2.42. The fraction of sp³-hybridized carbons (Fsp3) is 0.500. The largest absolute Gasteiger partial charge is 0.383 e. The summed E-state index contributed by atoms with van der Waals surface area (Å²) in [5.41, 5.74) is -0.152. The molecule has 0 bridgehead atoms. The summed E-state index contributed by atoms with van der Waals surface area (Å²) in [6, 6.07) is 2.86. The standard InChI is InChI=1S/C12H19N5O4/c1-13-10-5-4-9(17(19)20)12(15-10)16(2)8-11(18)14-6-7-21-3/h4-5H,6-8H2,1-3H3,(H,13,15)(H,14,18). The Bertz CT molecular complexity index is 508. The Balaban J connectivity index is 2.82. The van der Waals surface area contributed by atoms with Gasteiger partial charge in [0, 0.05) is 33.8 Å². The van der Waals surface area contributed by atoms with E-state index in [0.29, 0.717) is 19.0 Å². The van der Waals surface area contributed by atoms with Crippen LogP contribution < -0.4 is 15.5 Å². The van der Waals surface area contributed by atoms with E-state index in [1.54, 1.807) is 14.1 Å². The highest BCUT2D eigenvalue weighted by molar-refractivity contribution is 5.81. The smallest absolute Gasteiger partial charge is 0.311 e. The second-order valence-electron chi connectivity index (χ2n) is 4.25. The van der Waals surface area contributed by atoms with Crippen LogP contribution in [0.3, 0.4) is 0 Å². The van der Waals surface area contributed by atoms with Gasteiger partial charge in [-0.3, -0.25) is 14.9 Å². The second-order valence-corrected chi connectivity index (χ2v) is 4.25. The van der Waals surface area contributed by atoms with E-state index in [1.165, 1.54) is 24.1 Å². The van der Waals surface area contributed by atoms with Crippen LogP contribution in [0.25, 0.3) is 0 Å². The van der Waals surface area contributed by atoms with Crippen molar-refractivity contribution in [3.8, 4) is 0 Å². The number of rotatable bonds is 8. The Morgan fingerprint density at radius 1 is 1.52 bits per heavy atom. The van der Waals surface area contributed by atoms with Crippen molar-refractivity contribution >= 4 is 23.2 Å². The third kappa shape index (κ3) is 4.88. The zero-order chi connectivity index (χ0) is 15.8. The quantitative estimate of drug-likeness (QED) is 0.401. The van der Waals surface area contributed by atoms with Crippen LogP contribution in [0.2, 0.25) is 0 Å². The number of methoxy groups -OCH3 is 1. The van der Waals surface area contributed by atoms with Crippen LogP contribution in [-0.2, 0) is 9.53 Å². The van der Waals surface area contributed by atoms with E-state index in [4.69, 9.17) is 4.74 Å². The van der Waals surface area contributed by atoms with Gasteiger partial charge in [-0.05, 0) is 6.07 Å². The summed E-state index contributed by atoms with van der Waals surface area (Å²) in [7, 11) is 4.77. The Morgan fingerprint density at radius 2 is 2.24 bits per heavy atom. The van der Waals surface area contributed by atoms with Gasteiger partial charge in [-0.25, -0.2) is 4.98 Å². The molecule has 9 nitrogen and oxygen atoms in total. The highest BCUT2D eigenvalue weighted by Gasteiger charge is 2.21. The fourth-order valence-corrected chi connectivity index (χ4v) is 1.64. The maximum absolute atomic E-state index is 11.7. The number of ether oxygens (including phenoxy) is 1. The van der Waals surface area contributed by atoms with Gasteiger partial charge in [0.05, 0.1) is 18.1 Å². The molecule has 2 N–H and O–H groups in total. The average Bonchev–Trinajstić information content (AvgIpc) is 2.46. The van der Waals surface area contributed by atoms with Gasteiger partial charge in [0.2, 0.25) is 11.7 Å². The number of hydrogen-bond donors (Lipinski definition) is 2. The molecular formula is C12H19N5O4. The molecule has 1 amide bonds. The summed E-state index contributed by atoms with van der Waals surface area (Å²) in [5.74, 6) is 0.358. The number of aromatic nitrogens is 1. The molecule has 0 saturated heterocycles. The number of anilines is 2. The first kappa shape index (κ1) is 16.6. The highest BCUT2D eigenvalue weighted by Crippen LogP contribution is 2.26. The van der Waals surface area contributed by atoms with Crippen LogP contribution >= 0.6 is 0 Å². The predicted octanol–water partition coefficient (Wildman–Crippen LogP) is 0.230. The van der Waals surface area contributed by atoms with E-state index < -0.39 is 4.92 Å². The van der Waals surface area contributed by atoms with Gasteiger partial charge in [0.15, 0.2) is 0 Å². The molecule has 0 radical (unpaired) electrons. The first-order valence-electron chi connectivity index (χ1n) is 6.29. The molecule has 1 aromatic heterocycles. The number of nitrogens with zero attached hydrogens (tertiary/aromatic N) is 3. The van der Waals surface area contributed by atoms with Gasteiger partial charge in [-0.2, -0.15) is 0 Å². The molecule has 0 unspecified atom stereocenters. The lowest BCUT2D eigenvalue weighted by Crippen LogP contribution is -2.37. The minimum Gasteiger partial charge on any atom is -0.383 e. The molecule has 0 atom stereocenters. The summed E-state index contributed by atoms with van der Waals surface area (Å²) >= 11 is 0. The topological polar surface area (TPSA) is 110 Å². The number of hydrogen-bond acceptors (Lipinski definition) is 7. The van der Waals surface area contributed by atoms with Crippen molar-refractivity contribution in [1.29, 1.82) is 0 Å². The molecule has 1 heterocycles. The predicted molar refractivity (Wildman–Crippen MR) is 78.6 cm³/mol. The van der Waals surface area contributed by atoms with Gasteiger partial charge in [0.1, 0.15) is 5.82 Å². The lowest BCUT2D eigenvalue weighted by Gasteiger charge is -2.18. The molecular weight excluding hydrogens is 278 g/mol. The zero-order valence-electron chi connectivity index (χ0n) is 12.3. The number of nitrogens with one attached hydrogen (secondary N) is 2. The third-order valence-corrected chi connectivity index (χ3v) is 2.68. The molecule has 116 valence electrons. The van der Waals surface area contributed by atoms with Crippen molar-refractivity contribution in [2.45, 2.75) is 0 Å². The maximum Gasteiger partial charge on any atom is 0.311 e. The highest BCUT2D eigenvalue weighted by atomic mass is 16.6. The van der Waals surface area contributed by atoms with E-state index in [9.17, 15) is 14.9 Å². The van der Waals surface area contributed by atoms with E-state index in [1.807, 2.05) is 0 Å². The summed E-state index contributed by atoms with van der Waals surface area (Å²) < 4.78 is 4.82. The summed E-state index contributed by atoms with van der Waals surface area (Å²) in [6.07, 6.45) is 0. The van der Waals surface area contributed by atoms with Crippen molar-refractivity contribution in [2.24, 2.45) is 0 Å². The Labute approximate surface area is 122 Å². The van der Waals surface area contributed by atoms with Gasteiger partial charge in [-0.15, -0.1) is 0 Å². The van der Waals surface area contributed by atoms with Gasteiger partial charge in [-0.1, -0.05) is 0 Å². The zero-order valence-corrected chi connectivity index (χ0v) is 12.3. The second kappa shape index (κ2) is 8.00. The van der Waals surface area contributed by atoms with Gasteiger partial charge >= 0.3 is 5.69 Å².